The lowest BCUT2D eigenvalue weighted by atomic mass is 10.1. The van der Waals surface area contributed by atoms with Gasteiger partial charge >= 0.3 is 11.8 Å². The number of nitrogens with one attached hydrogen (secondary N) is 2. The Morgan fingerprint density at radius 1 is 0.960 bits per heavy atom. The Balaban J connectivity index is 1.66. The Hall–Kier alpha value is -2.73. The molecule has 5 nitrogen and oxygen atoms in total. The minimum absolute atomic E-state index is 0.123. The van der Waals surface area contributed by atoms with Gasteiger partial charge < -0.3 is 15.7 Å². The van der Waals surface area contributed by atoms with Crippen molar-refractivity contribution in [3.63, 3.8) is 0 Å². The summed E-state index contributed by atoms with van der Waals surface area (Å²) in [5, 5.41) is 14.8. The normalized spacial score (nSPS) is 11.6. The fraction of sp³-hybridized carbons (Fsp3) is 0.263. The third-order valence-corrected chi connectivity index (χ3v) is 3.69. The van der Waals surface area contributed by atoms with E-state index in [1.54, 1.807) is 0 Å². The fourth-order valence-electron chi connectivity index (χ4n) is 2.29. The number of aliphatic hydroxyl groups is 1. The average Bonchev–Trinajstić information content (AvgIpc) is 2.64. The van der Waals surface area contributed by atoms with E-state index >= 15 is 0 Å². The molecule has 25 heavy (non-hydrogen) atoms. The van der Waals surface area contributed by atoms with Gasteiger partial charge in [-0.2, -0.15) is 0 Å². The van der Waals surface area contributed by atoms with Gasteiger partial charge in [-0.3, -0.25) is 9.59 Å². The molecule has 0 aromatic heterocycles. The molecule has 0 spiro atoms. The fourth-order valence-corrected chi connectivity index (χ4v) is 2.29. The van der Waals surface area contributed by atoms with Gasteiger partial charge in [-0.1, -0.05) is 42.5 Å². The third-order valence-electron chi connectivity index (χ3n) is 3.69. The average molecular weight is 344 g/mol. The van der Waals surface area contributed by atoms with Gasteiger partial charge in [0.1, 0.15) is 5.82 Å². The van der Waals surface area contributed by atoms with E-state index in [2.05, 4.69) is 10.6 Å². The van der Waals surface area contributed by atoms with Crippen molar-refractivity contribution in [1.82, 2.24) is 10.6 Å². The Kier molecular flexibility index (Phi) is 7.10. The molecule has 0 saturated heterocycles. The number of amides is 2. The minimum Gasteiger partial charge on any atom is -0.387 e. The molecule has 0 aliphatic rings. The van der Waals surface area contributed by atoms with Gasteiger partial charge in [0, 0.05) is 13.1 Å². The monoisotopic (exact) mass is 344 g/mol. The molecule has 2 aromatic rings. The third kappa shape index (κ3) is 6.35. The summed E-state index contributed by atoms with van der Waals surface area (Å²) in [6.45, 7) is 0.267. The summed E-state index contributed by atoms with van der Waals surface area (Å²) in [6, 6.07) is 15.2. The predicted molar refractivity (Wildman–Crippen MR) is 92.1 cm³/mol. The highest BCUT2D eigenvalue weighted by Gasteiger charge is 2.15. The van der Waals surface area contributed by atoms with E-state index in [0.29, 0.717) is 12.1 Å². The van der Waals surface area contributed by atoms with Gasteiger partial charge in [-0.25, -0.2) is 4.39 Å². The molecule has 2 rings (SSSR count). The molecule has 0 heterocycles. The molecule has 1 unspecified atom stereocenters. The largest absolute Gasteiger partial charge is 0.387 e. The highest BCUT2D eigenvalue weighted by atomic mass is 19.1. The zero-order valence-electron chi connectivity index (χ0n) is 13.7. The summed E-state index contributed by atoms with van der Waals surface area (Å²) in [7, 11) is 0. The smallest absolute Gasteiger partial charge is 0.309 e. The number of hydrogen-bond acceptors (Lipinski definition) is 3. The molecule has 3 N–H and O–H groups in total. The van der Waals surface area contributed by atoms with E-state index in [4.69, 9.17) is 0 Å². The molecular weight excluding hydrogens is 323 g/mol. The van der Waals surface area contributed by atoms with Crippen LogP contribution in [0, 0.1) is 5.82 Å². The Morgan fingerprint density at radius 2 is 1.60 bits per heavy atom. The van der Waals surface area contributed by atoms with E-state index in [-0.39, 0.29) is 6.54 Å². The highest BCUT2D eigenvalue weighted by Crippen LogP contribution is 2.12. The molecule has 0 fully saturated rings. The maximum absolute atomic E-state index is 12.8. The lowest BCUT2D eigenvalue weighted by Gasteiger charge is -2.12. The van der Waals surface area contributed by atoms with Crippen molar-refractivity contribution in [3.8, 4) is 0 Å². The second-order valence-electron chi connectivity index (χ2n) is 5.62. The molecule has 0 aliphatic carbocycles. The molecule has 0 radical (unpaired) electrons. The first kappa shape index (κ1) is 18.6. The van der Waals surface area contributed by atoms with Gasteiger partial charge in [-0.05, 0) is 36.1 Å². The Bertz CT molecular complexity index is 690. The van der Waals surface area contributed by atoms with Crippen LogP contribution in [0.25, 0.3) is 0 Å². The van der Waals surface area contributed by atoms with E-state index in [9.17, 15) is 19.1 Å². The standard InChI is InChI=1S/C19H21FN2O3/c20-16-10-8-15(9-11-16)17(23)13-22-19(25)18(24)21-12-4-7-14-5-2-1-3-6-14/h1-3,5-6,8-11,17,23H,4,7,12-13H2,(H,21,24)(H,22,25). The van der Waals surface area contributed by atoms with Crippen LogP contribution in [0.3, 0.4) is 0 Å². The van der Waals surface area contributed by atoms with Crippen molar-refractivity contribution in [2.45, 2.75) is 18.9 Å². The summed E-state index contributed by atoms with van der Waals surface area (Å²) in [6.07, 6.45) is 0.531. The number of carbonyl (C=O) groups excluding carboxylic acids is 2. The second-order valence-corrected chi connectivity index (χ2v) is 5.62. The van der Waals surface area contributed by atoms with Crippen molar-refractivity contribution >= 4 is 11.8 Å². The quantitative estimate of drug-likeness (QED) is 0.529. The number of benzene rings is 2. The number of aliphatic hydroxyl groups excluding tert-OH is 1. The maximum atomic E-state index is 12.8. The second kappa shape index (κ2) is 9.54. The minimum atomic E-state index is -1.00. The van der Waals surface area contributed by atoms with E-state index in [1.165, 1.54) is 29.8 Å². The molecule has 2 aromatic carbocycles. The zero-order chi connectivity index (χ0) is 18.1. The maximum Gasteiger partial charge on any atom is 0.309 e. The lowest BCUT2D eigenvalue weighted by molar-refractivity contribution is -0.139. The molecule has 0 saturated carbocycles. The van der Waals surface area contributed by atoms with Gasteiger partial charge in [0.15, 0.2) is 0 Å². The summed E-state index contributed by atoms with van der Waals surface area (Å²) in [5.74, 6) is -1.95. The molecule has 1 atom stereocenters. The SMILES string of the molecule is O=C(NCCCc1ccccc1)C(=O)NCC(O)c1ccc(F)cc1. The number of hydrogen-bond donors (Lipinski definition) is 3. The number of rotatable bonds is 7. The van der Waals surface area contributed by atoms with Gasteiger partial charge in [0.25, 0.3) is 0 Å². The van der Waals surface area contributed by atoms with Crippen LogP contribution in [0.5, 0.6) is 0 Å². The summed E-state index contributed by atoms with van der Waals surface area (Å²) < 4.78 is 12.8. The molecule has 132 valence electrons. The Morgan fingerprint density at radius 3 is 2.28 bits per heavy atom. The summed E-state index contributed by atoms with van der Waals surface area (Å²) in [5.41, 5.74) is 1.63. The number of aryl methyl sites for hydroxylation is 1. The van der Waals surface area contributed by atoms with Crippen LogP contribution in [0.15, 0.2) is 54.6 Å². The van der Waals surface area contributed by atoms with Gasteiger partial charge in [0.2, 0.25) is 0 Å². The van der Waals surface area contributed by atoms with Crippen molar-refractivity contribution in [2.75, 3.05) is 13.1 Å². The van der Waals surface area contributed by atoms with Crippen molar-refractivity contribution in [1.29, 1.82) is 0 Å². The highest BCUT2D eigenvalue weighted by molar-refractivity contribution is 6.35. The molecule has 6 heteroatoms. The van der Waals surface area contributed by atoms with E-state index < -0.39 is 23.7 Å². The molecule has 0 bridgehead atoms. The Labute approximate surface area is 145 Å². The van der Waals surface area contributed by atoms with Crippen LogP contribution in [0.2, 0.25) is 0 Å². The first-order valence-corrected chi connectivity index (χ1v) is 8.10. The number of carbonyl (C=O) groups is 2. The van der Waals surface area contributed by atoms with E-state index in [1.807, 2.05) is 30.3 Å². The molecule has 2 amide bonds. The first-order chi connectivity index (χ1) is 12.1. The lowest BCUT2D eigenvalue weighted by Crippen LogP contribution is -2.41. The van der Waals surface area contributed by atoms with Crippen LogP contribution < -0.4 is 10.6 Å². The van der Waals surface area contributed by atoms with E-state index in [0.717, 1.165) is 12.8 Å². The van der Waals surface area contributed by atoms with Crippen molar-refractivity contribution < 1.29 is 19.1 Å². The molecular formula is C19H21FN2O3. The van der Waals surface area contributed by atoms with Gasteiger partial charge in [-0.15, -0.1) is 0 Å². The van der Waals surface area contributed by atoms with Crippen LogP contribution in [-0.4, -0.2) is 30.0 Å². The predicted octanol–water partition coefficient (Wildman–Crippen LogP) is 1.72. The zero-order valence-corrected chi connectivity index (χ0v) is 13.7. The van der Waals surface area contributed by atoms with Crippen LogP contribution in [0.4, 0.5) is 4.39 Å². The topological polar surface area (TPSA) is 78.4 Å². The van der Waals surface area contributed by atoms with Crippen LogP contribution in [0.1, 0.15) is 23.7 Å². The van der Waals surface area contributed by atoms with Crippen LogP contribution >= 0.6 is 0 Å². The number of halogens is 1. The van der Waals surface area contributed by atoms with Crippen molar-refractivity contribution in [3.05, 3.63) is 71.5 Å². The summed E-state index contributed by atoms with van der Waals surface area (Å²) in [4.78, 5) is 23.4. The summed E-state index contributed by atoms with van der Waals surface area (Å²) >= 11 is 0. The first-order valence-electron chi connectivity index (χ1n) is 8.10. The van der Waals surface area contributed by atoms with Crippen LogP contribution in [-0.2, 0) is 16.0 Å². The van der Waals surface area contributed by atoms with Gasteiger partial charge in [0.05, 0.1) is 6.10 Å². The molecule has 0 aliphatic heterocycles. The van der Waals surface area contributed by atoms with Crippen molar-refractivity contribution in [2.24, 2.45) is 0 Å².